The van der Waals surface area contributed by atoms with Gasteiger partial charge in [0.05, 0.1) is 15.9 Å². The van der Waals surface area contributed by atoms with Crippen LogP contribution in [0.4, 0.5) is 0 Å². The summed E-state index contributed by atoms with van der Waals surface area (Å²) in [6.07, 6.45) is 0. The summed E-state index contributed by atoms with van der Waals surface area (Å²) in [6, 6.07) is 3.68. The van der Waals surface area contributed by atoms with Gasteiger partial charge in [0.2, 0.25) is 0 Å². The van der Waals surface area contributed by atoms with Crippen LogP contribution in [0.5, 0.6) is 0 Å². The molecular weight excluding hydrogens is 210 g/mol. The van der Waals surface area contributed by atoms with Gasteiger partial charge in [-0.2, -0.15) is 0 Å². The zero-order valence-electron chi connectivity index (χ0n) is 8.94. The van der Waals surface area contributed by atoms with E-state index in [4.69, 9.17) is 11.6 Å². The van der Waals surface area contributed by atoms with E-state index in [1.165, 1.54) is 0 Å². The van der Waals surface area contributed by atoms with Gasteiger partial charge in [0, 0.05) is 11.3 Å². The summed E-state index contributed by atoms with van der Waals surface area (Å²) in [7, 11) is 0. The van der Waals surface area contributed by atoms with E-state index in [-0.39, 0.29) is 5.43 Å². The van der Waals surface area contributed by atoms with Gasteiger partial charge < -0.3 is 4.98 Å². The molecule has 1 heterocycles. The van der Waals surface area contributed by atoms with Crippen LogP contribution in [-0.2, 0) is 0 Å². The Balaban J connectivity index is 3.12. The van der Waals surface area contributed by atoms with E-state index in [2.05, 4.69) is 4.98 Å². The molecule has 0 bridgehead atoms. The van der Waals surface area contributed by atoms with Crippen LogP contribution in [-0.4, -0.2) is 4.98 Å². The lowest BCUT2D eigenvalue weighted by Gasteiger charge is -2.07. The van der Waals surface area contributed by atoms with Gasteiger partial charge in [-0.1, -0.05) is 17.7 Å². The lowest BCUT2D eigenvalue weighted by Crippen LogP contribution is -2.10. The Morgan fingerprint density at radius 3 is 2.53 bits per heavy atom. The topological polar surface area (TPSA) is 32.9 Å². The van der Waals surface area contributed by atoms with Crippen molar-refractivity contribution in [2.75, 3.05) is 0 Å². The van der Waals surface area contributed by atoms with Crippen LogP contribution in [0.3, 0.4) is 0 Å². The van der Waals surface area contributed by atoms with Crippen molar-refractivity contribution >= 4 is 22.5 Å². The average Bonchev–Trinajstić information content (AvgIpc) is 2.20. The summed E-state index contributed by atoms with van der Waals surface area (Å²) >= 11 is 6.04. The van der Waals surface area contributed by atoms with E-state index in [9.17, 15) is 4.79 Å². The Morgan fingerprint density at radius 2 is 1.87 bits per heavy atom. The Morgan fingerprint density at radius 1 is 1.20 bits per heavy atom. The third-order valence-corrected chi connectivity index (χ3v) is 3.12. The minimum atomic E-state index is 0.0231. The third kappa shape index (κ3) is 1.45. The van der Waals surface area contributed by atoms with Crippen molar-refractivity contribution in [1.82, 2.24) is 4.98 Å². The molecule has 0 spiro atoms. The van der Waals surface area contributed by atoms with Gasteiger partial charge in [0.1, 0.15) is 0 Å². The molecular formula is C12H12ClNO. The van der Waals surface area contributed by atoms with Gasteiger partial charge in [0.15, 0.2) is 5.43 Å². The molecule has 3 heteroatoms. The minimum absolute atomic E-state index is 0.0231. The summed E-state index contributed by atoms with van der Waals surface area (Å²) < 4.78 is 0. The highest BCUT2D eigenvalue weighted by Gasteiger charge is 2.09. The van der Waals surface area contributed by atoms with Crippen molar-refractivity contribution in [3.8, 4) is 0 Å². The maximum Gasteiger partial charge on any atom is 0.194 e. The van der Waals surface area contributed by atoms with Gasteiger partial charge in [-0.05, 0) is 32.4 Å². The van der Waals surface area contributed by atoms with E-state index in [0.29, 0.717) is 10.4 Å². The zero-order chi connectivity index (χ0) is 11.2. The molecule has 2 rings (SSSR count). The number of hydrogen-bond acceptors (Lipinski definition) is 1. The fraction of sp³-hybridized carbons (Fsp3) is 0.250. The van der Waals surface area contributed by atoms with E-state index in [1.807, 2.05) is 26.8 Å². The van der Waals surface area contributed by atoms with Crippen LogP contribution >= 0.6 is 11.6 Å². The van der Waals surface area contributed by atoms with Gasteiger partial charge >= 0.3 is 0 Å². The van der Waals surface area contributed by atoms with Crippen LogP contribution in [0, 0.1) is 20.8 Å². The van der Waals surface area contributed by atoms with Crippen LogP contribution in [0.25, 0.3) is 10.9 Å². The van der Waals surface area contributed by atoms with Crippen molar-refractivity contribution in [3.05, 3.63) is 44.2 Å². The predicted molar refractivity (Wildman–Crippen MR) is 63.8 cm³/mol. The monoisotopic (exact) mass is 221 g/mol. The highest BCUT2D eigenvalue weighted by Crippen LogP contribution is 2.22. The number of aromatic nitrogens is 1. The van der Waals surface area contributed by atoms with E-state index in [0.717, 1.165) is 22.3 Å². The normalized spacial score (nSPS) is 10.9. The summed E-state index contributed by atoms with van der Waals surface area (Å²) in [6.45, 7) is 5.67. The average molecular weight is 222 g/mol. The molecule has 0 saturated heterocycles. The summed E-state index contributed by atoms with van der Waals surface area (Å²) in [4.78, 5) is 15.2. The molecule has 0 aliphatic rings. The SMILES string of the molecule is Cc1[nH]c2c(C)ccc(Cl)c2c(=O)c1C. The summed E-state index contributed by atoms with van der Waals surface area (Å²) in [5, 5.41) is 1.11. The van der Waals surface area contributed by atoms with Crippen molar-refractivity contribution in [3.63, 3.8) is 0 Å². The molecule has 1 aromatic carbocycles. The number of benzene rings is 1. The molecule has 0 fully saturated rings. The van der Waals surface area contributed by atoms with Crippen LogP contribution in [0.15, 0.2) is 16.9 Å². The maximum absolute atomic E-state index is 12.0. The smallest absolute Gasteiger partial charge is 0.194 e. The van der Waals surface area contributed by atoms with Gasteiger partial charge in [-0.15, -0.1) is 0 Å². The highest BCUT2D eigenvalue weighted by molar-refractivity contribution is 6.35. The quantitative estimate of drug-likeness (QED) is 0.729. The Hall–Kier alpha value is -1.28. The number of aromatic amines is 1. The fourth-order valence-corrected chi connectivity index (χ4v) is 1.95. The maximum atomic E-state index is 12.0. The molecule has 0 radical (unpaired) electrons. The Labute approximate surface area is 92.9 Å². The molecule has 0 aliphatic heterocycles. The Bertz CT molecular complexity index is 599. The fourth-order valence-electron chi connectivity index (χ4n) is 1.70. The number of halogens is 1. The molecule has 0 atom stereocenters. The molecule has 1 aromatic heterocycles. The molecule has 0 unspecified atom stereocenters. The molecule has 0 amide bonds. The number of fused-ring (bicyclic) bond motifs is 1. The van der Waals surface area contributed by atoms with Crippen LogP contribution in [0.1, 0.15) is 16.8 Å². The second-order valence-corrected chi connectivity index (χ2v) is 4.23. The predicted octanol–water partition coefficient (Wildman–Crippen LogP) is 3.11. The molecule has 0 aliphatic carbocycles. The van der Waals surface area contributed by atoms with Gasteiger partial charge in [-0.25, -0.2) is 0 Å². The van der Waals surface area contributed by atoms with E-state index >= 15 is 0 Å². The van der Waals surface area contributed by atoms with E-state index < -0.39 is 0 Å². The van der Waals surface area contributed by atoms with Crippen molar-refractivity contribution in [2.45, 2.75) is 20.8 Å². The Kier molecular flexibility index (Phi) is 2.31. The summed E-state index contributed by atoms with van der Waals surface area (Å²) in [5.74, 6) is 0. The van der Waals surface area contributed by atoms with Crippen molar-refractivity contribution in [1.29, 1.82) is 0 Å². The first kappa shape index (κ1) is 10.2. The van der Waals surface area contributed by atoms with Crippen LogP contribution in [0.2, 0.25) is 5.02 Å². The first-order chi connectivity index (χ1) is 7.02. The van der Waals surface area contributed by atoms with Crippen molar-refractivity contribution in [2.24, 2.45) is 0 Å². The molecule has 1 N–H and O–H groups in total. The second-order valence-electron chi connectivity index (χ2n) is 3.82. The van der Waals surface area contributed by atoms with Crippen LogP contribution < -0.4 is 5.43 Å². The third-order valence-electron chi connectivity index (χ3n) is 2.81. The highest BCUT2D eigenvalue weighted by atomic mass is 35.5. The largest absolute Gasteiger partial charge is 0.358 e. The number of H-pyrrole nitrogens is 1. The minimum Gasteiger partial charge on any atom is -0.358 e. The standard InChI is InChI=1S/C12H12ClNO/c1-6-4-5-9(13)10-11(6)14-8(3)7(2)12(10)15/h4-5H,1-3H3,(H,14,15). The molecule has 78 valence electrons. The molecule has 15 heavy (non-hydrogen) atoms. The number of aryl methyl sites for hydroxylation is 2. The zero-order valence-corrected chi connectivity index (χ0v) is 9.70. The molecule has 2 aromatic rings. The summed E-state index contributed by atoms with van der Waals surface area (Å²) in [5.41, 5.74) is 3.54. The number of nitrogens with one attached hydrogen (secondary N) is 1. The first-order valence-electron chi connectivity index (χ1n) is 4.80. The number of rotatable bonds is 0. The molecule has 2 nitrogen and oxygen atoms in total. The number of hydrogen-bond donors (Lipinski definition) is 1. The van der Waals surface area contributed by atoms with E-state index in [1.54, 1.807) is 6.07 Å². The van der Waals surface area contributed by atoms with Gasteiger partial charge in [0.25, 0.3) is 0 Å². The van der Waals surface area contributed by atoms with Crippen molar-refractivity contribution < 1.29 is 0 Å². The van der Waals surface area contributed by atoms with Gasteiger partial charge in [-0.3, -0.25) is 4.79 Å². The number of pyridine rings is 1. The lowest BCUT2D eigenvalue weighted by molar-refractivity contribution is 1.17. The first-order valence-corrected chi connectivity index (χ1v) is 5.18. The second kappa shape index (κ2) is 3.38. The lowest BCUT2D eigenvalue weighted by atomic mass is 10.1. The molecule has 0 saturated carbocycles.